The van der Waals surface area contributed by atoms with Crippen LogP contribution in [0.2, 0.25) is 0 Å². The van der Waals surface area contributed by atoms with Gasteiger partial charge in [0.2, 0.25) is 0 Å². The number of hydrogen-bond donors (Lipinski definition) is 4. The van der Waals surface area contributed by atoms with E-state index in [2.05, 4.69) is 15.9 Å². The van der Waals surface area contributed by atoms with Gasteiger partial charge in [-0.2, -0.15) is 0 Å². The number of aliphatic hydroxyl groups is 2. The second-order valence-electron chi connectivity index (χ2n) is 4.86. The van der Waals surface area contributed by atoms with Gasteiger partial charge in [0.05, 0.1) is 0 Å². The third kappa shape index (κ3) is 15.4. The van der Waals surface area contributed by atoms with E-state index in [4.69, 9.17) is 30.0 Å². The molecule has 0 radical (unpaired) electrons. The van der Waals surface area contributed by atoms with Crippen LogP contribution in [0, 0.1) is 17.8 Å². The molecule has 7 heteroatoms. The highest BCUT2D eigenvalue weighted by Gasteiger charge is 2.27. The predicted octanol–water partition coefficient (Wildman–Crippen LogP) is 1.58. The van der Waals surface area contributed by atoms with Crippen molar-refractivity contribution in [3.05, 3.63) is 0 Å². The molecule has 2 unspecified atom stereocenters. The predicted molar refractivity (Wildman–Crippen MR) is 78.9 cm³/mol. The van der Waals surface area contributed by atoms with Gasteiger partial charge in [-0.1, -0.05) is 15.9 Å². The van der Waals surface area contributed by atoms with Gasteiger partial charge in [-0.05, 0) is 37.0 Å². The van der Waals surface area contributed by atoms with Crippen LogP contribution in [0.5, 0.6) is 0 Å². The minimum absolute atomic E-state index is 0.278. The van der Waals surface area contributed by atoms with E-state index < -0.39 is 11.9 Å². The number of carboxylic acids is 2. The van der Waals surface area contributed by atoms with Crippen molar-refractivity contribution in [1.29, 1.82) is 0 Å². The number of hydrogen-bond acceptors (Lipinski definition) is 4. The Bertz CT molecular complexity index is 222. The van der Waals surface area contributed by atoms with E-state index >= 15 is 0 Å². The van der Waals surface area contributed by atoms with Crippen molar-refractivity contribution in [1.82, 2.24) is 0 Å². The van der Waals surface area contributed by atoms with Crippen LogP contribution in [-0.4, -0.2) is 50.9 Å². The fourth-order valence-electron chi connectivity index (χ4n) is 2.13. The number of aliphatic hydroxyl groups excluding tert-OH is 2. The van der Waals surface area contributed by atoms with Crippen LogP contribution in [0.25, 0.3) is 0 Å². The zero-order valence-corrected chi connectivity index (χ0v) is 13.5. The van der Waals surface area contributed by atoms with E-state index in [0.29, 0.717) is 17.8 Å². The molecule has 1 aliphatic rings. The van der Waals surface area contributed by atoms with Gasteiger partial charge in [-0.3, -0.25) is 9.59 Å². The topological polar surface area (TPSA) is 115 Å². The molecule has 0 bridgehead atoms. The van der Waals surface area contributed by atoms with Gasteiger partial charge in [0.1, 0.15) is 0 Å². The number of carboxylic acid groups (broad SMARTS) is 2. The lowest BCUT2D eigenvalue weighted by Gasteiger charge is -2.32. The standard InChI is InChI=1S/C9H17BrO2.2C2H4O2/c10-4-7-1-8(5-11)3-9(2-7)6-12;2*1-2(3)4/h7-9,11-12H,1-6H2;2*1H3,(H,3,4). The molecule has 2 atom stereocenters. The quantitative estimate of drug-likeness (QED) is 0.570. The molecule has 0 aliphatic heterocycles. The van der Waals surface area contributed by atoms with Gasteiger partial charge in [0.15, 0.2) is 0 Å². The van der Waals surface area contributed by atoms with Crippen LogP contribution in [0.4, 0.5) is 0 Å². The van der Waals surface area contributed by atoms with Gasteiger partial charge in [-0.25, -0.2) is 0 Å². The maximum absolute atomic E-state index is 9.02. The lowest BCUT2D eigenvalue weighted by atomic mass is 9.76. The summed E-state index contributed by atoms with van der Waals surface area (Å²) < 4.78 is 0. The van der Waals surface area contributed by atoms with Crippen LogP contribution in [0.3, 0.4) is 0 Å². The fourth-order valence-corrected chi connectivity index (χ4v) is 2.66. The maximum atomic E-state index is 9.02. The van der Waals surface area contributed by atoms with E-state index in [0.717, 1.165) is 38.4 Å². The minimum atomic E-state index is -0.833. The lowest BCUT2D eigenvalue weighted by Crippen LogP contribution is -2.27. The maximum Gasteiger partial charge on any atom is 0.300 e. The average Bonchev–Trinajstić information content (AvgIpc) is 2.36. The first-order valence-corrected chi connectivity index (χ1v) is 7.55. The highest BCUT2D eigenvalue weighted by molar-refractivity contribution is 9.09. The molecule has 20 heavy (non-hydrogen) atoms. The van der Waals surface area contributed by atoms with Crippen LogP contribution >= 0.6 is 15.9 Å². The lowest BCUT2D eigenvalue weighted by molar-refractivity contribution is -0.135. The first-order chi connectivity index (χ1) is 9.26. The first-order valence-electron chi connectivity index (χ1n) is 6.43. The number of alkyl halides is 1. The summed E-state index contributed by atoms with van der Waals surface area (Å²) in [4.78, 5) is 18.0. The summed E-state index contributed by atoms with van der Waals surface area (Å²) in [6.45, 7) is 2.72. The molecule has 0 amide bonds. The summed E-state index contributed by atoms with van der Waals surface area (Å²) >= 11 is 3.46. The fraction of sp³-hybridized carbons (Fsp3) is 0.846. The van der Waals surface area contributed by atoms with Gasteiger partial charge >= 0.3 is 0 Å². The summed E-state index contributed by atoms with van der Waals surface area (Å²) in [5.41, 5.74) is 0. The molecule has 0 aromatic rings. The second-order valence-corrected chi connectivity index (χ2v) is 5.51. The van der Waals surface area contributed by atoms with Gasteiger partial charge in [-0.15, -0.1) is 0 Å². The summed E-state index contributed by atoms with van der Waals surface area (Å²) in [6, 6.07) is 0. The Balaban J connectivity index is 0. The normalized spacial score (nSPS) is 24.6. The summed E-state index contributed by atoms with van der Waals surface area (Å²) in [7, 11) is 0. The molecule has 0 saturated heterocycles. The van der Waals surface area contributed by atoms with E-state index in [-0.39, 0.29) is 13.2 Å². The molecule has 0 aromatic carbocycles. The minimum Gasteiger partial charge on any atom is -0.481 e. The number of halogens is 1. The molecule has 1 fully saturated rings. The second kappa shape index (κ2) is 13.3. The molecule has 1 saturated carbocycles. The van der Waals surface area contributed by atoms with Crippen molar-refractivity contribution in [2.24, 2.45) is 17.8 Å². The van der Waals surface area contributed by atoms with Gasteiger partial charge in [0.25, 0.3) is 11.9 Å². The summed E-state index contributed by atoms with van der Waals surface area (Å²) in [5, 5.41) is 33.9. The molecule has 1 rings (SSSR count). The molecule has 6 nitrogen and oxygen atoms in total. The van der Waals surface area contributed by atoms with Crippen LogP contribution in [0.1, 0.15) is 33.1 Å². The Kier molecular flexibility index (Phi) is 14.4. The number of aliphatic carboxylic acids is 2. The molecule has 120 valence electrons. The molecule has 1 aliphatic carbocycles. The van der Waals surface area contributed by atoms with E-state index in [9.17, 15) is 0 Å². The molecular weight excluding hydrogens is 332 g/mol. The van der Waals surface area contributed by atoms with Crippen molar-refractivity contribution in [3.63, 3.8) is 0 Å². The largest absolute Gasteiger partial charge is 0.481 e. The Morgan fingerprint density at radius 1 is 0.900 bits per heavy atom. The van der Waals surface area contributed by atoms with Crippen molar-refractivity contribution in [3.8, 4) is 0 Å². The zero-order valence-electron chi connectivity index (χ0n) is 12.0. The zero-order chi connectivity index (χ0) is 16.1. The Morgan fingerprint density at radius 3 is 1.35 bits per heavy atom. The van der Waals surface area contributed by atoms with Crippen molar-refractivity contribution < 1.29 is 30.0 Å². The smallest absolute Gasteiger partial charge is 0.300 e. The van der Waals surface area contributed by atoms with E-state index in [1.54, 1.807) is 0 Å². The van der Waals surface area contributed by atoms with E-state index in [1.807, 2.05) is 0 Å². The van der Waals surface area contributed by atoms with Gasteiger partial charge < -0.3 is 20.4 Å². The number of rotatable bonds is 3. The molecule has 0 heterocycles. The van der Waals surface area contributed by atoms with Crippen LogP contribution < -0.4 is 0 Å². The SMILES string of the molecule is CC(=O)O.CC(=O)O.OCC1CC(CO)CC(CBr)C1. The number of carbonyl (C=O) groups is 2. The third-order valence-corrected chi connectivity index (χ3v) is 3.65. The van der Waals surface area contributed by atoms with Crippen LogP contribution in [0.15, 0.2) is 0 Å². The van der Waals surface area contributed by atoms with Crippen LogP contribution in [-0.2, 0) is 9.59 Å². The van der Waals surface area contributed by atoms with E-state index in [1.165, 1.54) is 0 Å². The van der Waals surface area contributed by atoms with Crippen molar-refractivity contribution >= 4 is 27.9 Å². The summed E-state index contributed by atoms with van der Waals surface area (Å²) in [6.07, 6.45) is 3.22. The highest BCUT2D eigenvalue weighted by atomic mass is 79.9. The highest BCUT2D eigenvalue weighted by Crippen LogP contribution is 2.33. The molecule has 0 aromatic heterocycles. The van der Waals surface area contributed by atoms with Crippen molar-refractivity contribution in [2.75, 3.05) is 18.5 Å². The van der Waals surface area contributed by atoms with Crippen molar-refractivity contribution in [2.45, 2.75) is 33.1 Å². The monoisotopic (exact) mass is 356 g/mol. The first kappa shape index (κ1) is 21.6. The Labute approximate surface area is 127 Å². The molecular formula is C13H25BrO6. The summed E-state index contributed by atoms with van der Waals surface area (Å²) in [5.74, 6) is -0.190. The average molecular weight is 357 g/mol. The third-order valence-electron chi connectivity index (χ3n) is 2.73. The molecule has 0 spiro atoms. The molecule has 4 N–H and O–H groups in total. The Hall–Kier alpha value is -0.660. The van der Waals surface area contributed by atoms with Gasteiger partial charge in [0, 0.05) is 32.4 Å². The Morgan fingerprint density at radius 2 is 1.15 bits per heavy atom.